The Morgan fingerprint density at radius 1 is 0.373 bits per heavy atom. The zero-order valence-corrected chi connectivity index (χ0v) is 30.4. The number of benzene rings is 6. The third kappa shape index (κ3) is 7.81. The van der Waals surface area contributed by atoms with Crippen LogP contribution < -0.4 is 10.6 Å². The van der Waals surface area contributed by atoms with Gasteiger partial charge in [0.2, 0.25) is 0 Å². The standard InChI is InChI=1S/C49H52N2/c1-3-5-7-15-33-49(34-16-8-6-4-2)47-35-39(37-21-27-43(28-22-37)50-41-17-11-9-12-18-41)25-31-45(47)46-32-26-40(36-48(46)49)38-23-29-44(30-24-38)51-42-19-13-10-14-20-42/h9-14,17-32,35-36,50-51H,3-8,15-16,33-34H2,1-2H3. The highest BCUT2D eigenvalue weighted by atomic mass is 14.9. The average Bonchev–Trinajstić information content (AvgIpc) is 3.44. The molecule has 0 heterocycles. The predicted molar refractivity (Wildman–Crippen MR) is 220 cm³/mol. The number of rotatable bonds is 16. The molecule has 0 bridgehead atoms. The van der Waals surface area contributed by atoms with Crippen LogP contribution in [0.2, 0.25) is 0 Å². The second-order valence-corrected chi connectivity index (χ2v) is 14.4. The van der Waals surface area contributed by atoms with Crippen LogP contribution in [0.4, 0.5) is 22.7 Å². The van der Waals surface area contributed by atoms with Crippen LogP contribution in [0.1, 0.15) is 89.2 Å². The third-order valence-electron chi connectivity index (χ3n) is 10.8. The van der Waals surface area contributed by atoms with Crippen molar-refractivity contribution in [2.24, 2.45) is 0 Å². The molecule has 51 heavy (non-hydrogen) atoms. The fourth-order valence-corrected chi connectivity index (χ4v) is 8.09. The largest absolute Gasteiger partial charge is 0.356 e. The second-order valence-electron chi connectivity index (χ2n) is 14.4. The smallest absolute Gasteiger partial charge is 0.0384 e. The number of anilines is 4. The number of para-hydroxylation sites is 2. The van der Waals surface area contributed by atoms with E-state index >= 15 is 0 Å². The number of hydrogen-bond acceptors (Lipinski definition) is 2. The van der Waals surface area contributed by atoms with Crippen LogP contribution in [0.5, 0.6) is 0 Å². The summed E-state index contributed by atoms with van der Waals surface area (Å²) in [5.41, 5.74) is 15.5. The summed E-state index contributed by atoms with van der Waals surface area (Å²) in [6.45, 7) is 4.64. The second kappa shape index (κ2) is 16.3. The van der Waals surface area contributed by atoms with Crippen LogP contribution in [0, 0.1) is 0 Å². The Hall–Kier alpha value is -5.08. The molecule has 0 radical (unpaired) electrons. The number of unbranched alkanes of at least 4 members (excludes halogenated alkanes) is 6. The summed E-state index contributed by atoms with van der Waals surface area (Å²) in [4.78, 5) is 0. The molecule has 0 amide bonds. The number of hydrogen-bond donors (Lipinski definition) is 2. The highest BCUT2D eigenvalue weighted by Gasteiger charge is 2.42. The Kier molecular flexibility index (Phi) is 11.0. The van der Waals surface area contributed by atoms with Crippen molar-refractivity contribution < 1.29 is 0 Å². The molecule has 6 aromatic rings. The first-order valence-corrected chi connectivity index (χ1v) is 19.3. The van der Waals surface area contributed by atoms with Crippen molar-refractivity contribution in [1.29, 1.82) is 0 Å². The van der Waals surface area contributed by atoms with Gasteiger partial charge in [-0.3, -0.25) is 0 Å². The quantitative estimate of drug-likeness (QED) is 0.100. The van der Waals surface area contributed by atoms with E-state index in [2.05, 4.69) is 170 Å². The highest BCUT2D eigenvalue weighted by Crippen LogP contribution is 2.55. The first-order valence-electron chi connectivity index (χ1n) is 19.3. The molecule has 2 N–H and O–H groups in total. The molecule has 2 heteroatoms. The minimum atomic E-state index is 0.0157. The monoisotopic (exact) mass is 668 g/mol. The van der Waals surface area contributed by atoms with E-state index in [9.17, 15) is 0 Å². The molecule has 0 spiro atoms. The van der Waals surface area contributed by atoms with E-state index in [-0.39, 0.29) is 5.41 Å². The van der Waals surface area contributed by atoms with E-state index in [1.54, 1.807) is 0 Å². The van der Waals surface area contributed by atoms with Gasteiger partial charge < -0.3 is 10.6 Å². The Balaban J connectivity index is 1.24. The highest BCUT2D eigenvalue weighted by molar-refractivity contribution is 5.86. The molecule has 7 rings (SSSR count). The topological polar surface area (TPSA) is 24.1 Å². The Labute approximate surface area is 306 Å². The van der Waals surface area contributed by atoms with Crippen LogP contribution in [0.25, 0.3) is 33.4 Å². The lowest BCUT2D eigenvalue weighted by atomic mass is 9.70. The third-order valence-corrected chi connectivity index (χ3v) is 10.8. The molecular formula is C49H52N2. The lowest BCUT2D eigenvalue weighted by Gasteiger charge is -2.33. The predicted octanol–water partition coefficient (Wildman–Crippen LogP) is 14.7. The van der Waals surface area contributed by atoms with Gasteiger partial charge in [-0.1, -0.05) is 150 Å². The van der Waals surface area contributed by atoms with Gasteiger partial charge in [0.25, 0.3) is 0 Å². The van der Waals surface area contributed by atoms with E-state index in [1.807, 2.05) is 0 Å². The summed E-state index contributed by atoms with van der Waals surface area (Å²) in [7, 11) is 0. The lowest BCUT2D eigenvalue weighted by molar-refractivity contribution is 0.401. The Morgan fingerprint density at radius 2 is 0.745 bits per heavy atom. The van der Waals surface area contributed by atoms with Crippen LogP contribution in [0.15, 0.2) is 146 Å². The first kappa shape index (κ1) is 34.4. The van der Waals surface area contributed by atoms with Gasteiger partial charge in [0.1, 0.15) is 0 Å². The maximum absolute atomic E-state index is 3.55. The van der Waals surface area contributed by atoms with Crippen LogP contribution in [-0.4, -0.2) is 0 Å². The molecular weight excluding hydrogens is 617 g/mol. The minimum Gasteiger partial charge on any atom is -0.356 e. The Bertz CT molecular complexity index is 1840. The Morgan fingerprint density at radius 3 is 1.14 bits per heavy atom. The fourth-order valence-electron chi connectivity index (χ4n) is 8.09. The first-order chi connectivity index (χ1) is 25.2. The summed E-state index contributed by atoms with van der Waals surface area (Å²) in [5, 5.41) is 7.09. The zero-order chi connectivity index (χ0) is 34.9. The van der Waals surface area contributed by atoms with Gasteiger partial charge in [0.15, 0.2) is 0 Å². The van der Waals surface area contributed by atoms with Crippen molar-refractivity contribution >= 4 is 22.7 Å². The molecule has 1 aliphatic rings. The van der Waals surface area contributed by atoms with Crippen molar-refractivity contribution in [1.82, 2.24) is 0 Å². The molecule has 0 atom stereocenters. The average molecular weight is 669 g/mol. The maximum Gasteiger partial charge on any atom is 0.0384 e. The van der Waals surface area contributed by atoms with Crippen molar-refractivity contribution in [3.63, 3.8) is 0 Å². The SMILES string of the molecule is CCCCCCC1(CCCCCC)c2cc(-c3ccc(Nc4ccccc4)cc3)ccc2-c2ccc(-c3ccc(Nc4ccccc4)cc3)cc21. The normalized spacial score (nSPS) is 12.7. The van der Waals surface area contributed by atoms with Crippen molar-refractivity contribution in [3.8, 4) is 33.4 Å². The minimum absolute atomic E-state index is 0.0157. The molecule has 0 unspecified atom stereocenters. The molecule has 2 nitrogen and oxygen atoms in total. The van der Waals surface area contributed by atoms with E-state index in [1.165, 1.54) is 109 Å². The van der Waals surface area contributed by atoms with Crippen molar-refractivity contribution in [3.05, 3.63) is 157 Å². The van der Waals surface area contributed by atoms with Crippen LogP contribution in [-0.2, 0) is 5.41 Å². The number of fused-ring (bicyclic) bond motifs is 3. The van der Waals surface area contributed by atoms with E-state index in [4.69, 9.17) is 0 Å². The lowest BCUT2D eigenvalue weighted by Crippen LogP contribution is -2.25. The summed E-state index contributed by atoms with van der Waals surface area (Å²) < 4.78 is 0. The fraction of sp³-hybridized carbons (Fsp3) is 0.265. The number of nitrogens with one attached hydrogen (secondary N) is 2. The van der Waals surface area contributed by atoms with Crippen molar-refractivity contribution in [2.75, 3.05) is 10.6 Å². The van der Waals surface area contributed by atoms with Gasteiger partial charge in [0, 0.05) is 28.2 Å². The molecule has 6 aromatic carbocycles. The molecule has 0 saturated heterocycles. The van der Waals surface area contributed by atoms with Gasteiger partial charge in [-0.15, -0.1) is 0 Å². The molecule has 0 fully saturated rings. The molecule has 0 aromatic heterocycles. The summed E-state index contributed by atoms with van der Waals surface area (Å²) in [5.74, 6) is 0. The van der Waals surface area contributed by atoms with E-state index < -0.39 is 0 Å². The van der Waals surface area contributed by atoms with E-state index in [0.717, 1.165) is 22.7 Å². The molecule has 258 valence electrons. The van der Waals surface area contributed by atoms with Crippen LogP contribution >= 0.6 is 0 Å². The van der Waals surface area contributed by atoms with Gasteiger partial charge in [-0.05, 0) is 118 Å². The van der Waals surface area contributed by atoms with Gasteiger partial charge >= 0.3 is 0 Å². The van der Waals surface area contributed by atoms with Crippen molar-refractivity contribution in [2.45, 2.75) is 83.5 Å². The van der Waals surface area contributed by atoms with Gasteiger partial charge in [0.05, 0.1) is 0 Å². The molecule has 0 aliphatic heterocycles. The van der Waals surface area contributed by atoms with Gasteiger partial charge in [-0.2, -0.15) is 0 Å². The summed E-state index contributed by atoms with van der Waals surface area (Å²) in [6, 6.07) is 53.4. The van der Waals surface area contributed by atoms with Gasteiger partial charge in [-0.25, -0.2) is 0 Å². The maximum atomic E-state index is 3.55. The zero-order valence-electron chi connectivity index (χ0n) is 30.4. The molecule has 0 saturated carbocycles. The summed E-state index contributed by atoms with van der Waals surface area (Å²) in [6.07, 6.45) is 12.6. The van der Waals surface area contributed by atoms with Crippen LogP contribution in [0.3, 0.4) is 0 Å². The molecule has 1 aliphatic carbocycles. The summed E-state index contributed by atoms with van der Waals surface area (Å²) >= 11 is 0. The van der Waals surface area contributed by atoms with E-state index in [0.29, 0.717) is 0 Å².